The third-order valence-corrected chi connectivity index (χ3v) is 10.1. The SMILES string of the molecule is Cc1nc([C@@H](CC(=O)NCC(=O)N(C)C)C(=O)N(CC2CCCCC2)[C@@H](CC2CCCCC2)[C@@H](O)[C@@H](O)CC(C)C)cs1. The highest BCUT2D eigenvalue weighted by molar-refractivity contribution is 7.09. The second kappa shape index (κ2) is 17.4. The Morgan fingerprint density at radius 1 is 1.00 bits per heavy atom. The van der Waals surface area contributed by atoms with Crippen molar-refractivity contribution >= 4 is 29.1 Å². The summed E-state index contributed by atoms with van der Waals surface area (Å²) in [6.07, 6.45) is 10.0. The third kappa shape index (κ3) is 11.1. The van der Waals surface area contributed by atoms with Crippen LogP contribution in [0.2, 0.25) is 0 Å². The Morgan fingerprint density at radius 3 is 2.14 bits per heavy atom. The molecule has 2 aliphatic carbocycles. The molecule has 0 radical (unpaired) electrons. The van der Waals surface area contributed by atoms with Crippen LogP contribution in [0.3, 0.4) is 0 Å². The monoisotopic (exact) mass is 620 g/mol. The molecule has 1 aromatic heterocycles. The van der Waals surface area contributed by atoms with Crippen molar-refractivity contribution in [1.82, 2.24) is 20.1 Å². The van der Waals surface area contributed by atoms with Crippen molar-refractivity contribution in [3.05, 3.63) is 16.1 Å². The van der Waals surface area contributed by atoms with Gasteiger partial charge in [-0.25, -0.2) is 4.98 Å². The fourth-order valence-electron chi connectivity index (χ4n) is 6.78. The topological polar surface area (TPSA) is 123 Å². The quantitative estimate of drug-likeness (QED) is 0.263. The van der Waals surface area contributed by atoms with E-state index < -0.39 is 24.2 Å². The van der Waals surface area contributed by atoms with Crippen molar-refractivity contribution in [3.8, 4) is 0 Å². The first-order valence-corrected chi connectivity index (χ1v) is 17.4. The normalized spacial score (nSPS) is 19.4. The van der Waals surface area contributed by atoms with Gasteiger partial charge in [0.25, 0.3) is 0 Å². The predicted octanol–water partition coefficient (Wildman–Crippen LogP) is 4.65. The molecule has 3 N–H and O–H groups in total. The van der Waals surface area contributed by atoms with Crippen molar-refractivity contribution in [3.63, 3.8) is 0 Å². The predicted molar refractivity (Wildman–Crippen MR) is 171 cm³/mol. The average molecular weight is 621 g/mol. The Bertz CT molecular complexity index is 1020. The number of nitrogens with one attached hydrogen (secondary N) is 1. The lowest BCUT2D eigenvalue weighted by Crippen LogP contribution is -2.55. The molecule has 0 aromatic carbocycles. The molecule has 0 unspecified atom stereocenters. The van der Waals surface area contributed by atoms with Gasteiger partial charge in [-0.2, -0.15) is 0 Å². The maximum Gasteiger partial charge on any atom is 0.241 e. The van der Waals surface area contributed by atoms with Crippen LogP contribution < -0.4 is 5.32 Å². The fourth-order valence-corrected chi connectivity index (χ4v) is 7.45. The van der Waals surface area contributed by atoms with Crippen LogP contribution in [-0.4, -0.2) is 88.2 Å². The molecule has 2 fully saturated rings. The lowest BCUT2D eigenvalue weighted by molar-refractivity contribution is -0.144. The van der Waals surface area contributed by atoms with E-state index in [2.05, 4.69) is 10.3 Å². The van der Waals surface area contributed by atoms with E-state index in [4.69, 9.17) is 0 Å². The second-order valence-corrected chi connectivity index (χ2v) is 14.7. The van der Waals surface area contributed by atoms with Gasteiger partial charge in [0.15, 0.2) is 0 Å². The Balaban J connectivity index is 1.97. The molecule has 10 heteroatoms. The first-order valence-electron chi connectivity index (χ1n) is 16.5. The van der Waals surface area contributed by atoms with E-state index in [1.54, 1.807) is 14.1 Å². The number of likely N-dealkylation sites (N-methyl/N-ethyl adjacent to an activating group) is 1. The molecule has 1 aromatic rings. The number of aliphatic hydroxyl groups is 2. The molecule has 1 heterocycles. The van der Waals surface area contributed by atoms with Gasteiger partial charge in [0.1, 0.15) is 6.10 Å². The molecule has 9 nitrogen and oxygen atoms in total. The maximum atomic E-state index is 14.8. The van der Waals surface area contributed by atoms with Crippen LogP contribution in [-0.2, 0) is 14.4 Å². The van der Waals surface area contributed by atoms with Gasteiger partial charge in [0.05, 0.1) is 35.3 Å². The first kappa shape index (κ1) is 35.4. The Kier molecular flexibility index (Phi) is 14.4. The molecule has 2 aliphatic rings. The molecule has 4 atom stereocenters. The summed E-state index contributed by atoms with van der Waals surface area (Å²) in [5.41, 5.74) is 0.545. The van der Waals surface area contributed by atoms with Gasteiger partial charge in [-0.1, -0.05) is 65.2 Å². The molecule has 0 bridgehead atoms. The van der Waals surface area contributed by atoms with Crippen LogP contribution in [0.15, 0.2) is 5.38 Å². The zero-order chi connectivity index (χ0) is 31.5. The van der Waals surface area contributed by atoms with E-state index in [1.165, 1.54) is 29.1 Å². The van der Waals surface area contributed by atoms with Crippen molar-refractivity contribution < 1.29 is 24.6 Å². The molecule has 244 valence electrons. The Labute approximate surface area is 262 Å². The fraction of sp³-hybridized carbons (Fsp3) is 0.818. The van der Waals surface area contributed by atoms with Crippen LogP contribution in [0.4, 0.5) is 0 Å². The summed E-state index contributed by atoms with van der Waals surface area (Å²) in [6, 6.07) is -0.549. The number of aliphatic hydroxyl groups excluding tert-OH is 2. The number of hydrogen-bond acceptors (Lipinski definition) is 7. The van der Waals surface area contributed by atoms with E-state index in [1.807, 2.05) is 31.1 Å². The van der Waals surface area contributed by atoms with Gasteiger partial charge in [-0.3, -0.25) is 14.4 Å². The number of carbonyl (C=O) groups excluding carboxylic acids is 3. The highest BCUT2D eigenvalue weighted by atomic mass is 32.1. The summed E-state index contributed by atoms with van der Waals surface area (Å²) >= 11 is 1.44. The van der Waals surface area contributed by atoms with Crippen molar-refractivity contribution in [2.24, 2.45) is 17.8 Å². The molecular weight excluding hydrogens is 564 g/mol. The Morgan fingerprint density at radius 2 is 1.60 bits per heavy atom. The Hall–Kier alpha value is -2.04. The molecule has 3 amide bonds. The number of amides is 3. The van der Waals surface area contributed by atoms with Crippen LogP contribution in [0.25, 0.3) is 0 Å². The molecule has 2 saturated carbocycles. The van der Waals surface area contributed by atoms with Crippen LogP contribution in [0, 0.1) is 24.7 Å². The maximum absolute atomic E-state index is 14.8. The van der Waals surface area contributed by atoms with Crippen LogP contribution in [0.5, 0.6) is 0 Å². The van der Waals surface area contributed by atoms with E-state index in [0.717, 1.165) is 56.4 Å². The molecule has 3 rings (SSSR count). The number of carbonyl (C=O) groups is 3. The standard InChI is InChI=1S/C33H56N4O5S/c1-22(2)16-29(38)32(41)28(17-24-12-8-6-9-13-24)37(20-25-14-10-7-11-15-25)33(42)26(27-21-43-23(3)35-27)18-30(39)34-19-31(40)36(4)5/h21-22,24-26,28-29,32,38,41H,6-20H2,1-5H3,(H,34,39)/t26-,28+,29+,32-/m1/s1. The first-order chi connectivity index (χ1) is 20.5. The summed E-state index contributed by atoms with van der Waals surface area (Å²) in [5.74, 6) is -0.794. The van der Waals surface area contributed by atoms with Crippen molar-refractivity contribution in [1.29, 1.82) is 0 Å². The van der Waals surface area contributed by atoms with Crippen molar-refractivity contribution in [2.45, 2.75) is 128 Å². The zero-order valence-electron chi connectivity index (χ0n) is 27.1. The summed E-state index contributed by atoms with van der Waals surface area (Å²) in [6.45, 7) is 6.29. The summed E-state index contributed by atoms with van der Waals surface area (Å²) in [4.78, 5) is 48.0. The lowest BCUT2D eigenvalue weighted by Gasteiger charge is -2.42. The van der Waals surface area contributed by atoms with Gasteiger partial charge in [-0.05, 0) is 50.4 Å². The molecule has 0 spiro atoms. The number of hydrogen-bond donors (Lipinski definition) is 3. The second-order valence-electron chi connectivity index (χ2n) is 13.6. The van der Waals surface area contributed by atoms with Gasteiger partial charge in [0.2, 0.25) is 17.7 Å². The molecular formula is C33H56N4O5S. The van der Waals surface area contributed by atoms with Crippen LogP contribution >= 0.6 is 11.3 Å². The number of rotatable bonds is 15. The molecule has 0 saturated heterocycles. The number of thiazole rings is 1. The average Bonchev–Trinajstić information content (AvgIpc) is 3.42. The largest absolute Gasteiger partial charge is 0.390 e. The van der Waals surface area contributed by atoms with E-state index in [-0.39, 0.29) is 36.6 Å². The summed E-state index contributed by atoms with van der Waals surface area (Å²) in [5, 5.41) is 28.3. The number of nitrogens with zero attached hydrogens (tertiary/aromatic N) is 3. The molecule has 43 heavy (non-hydrogen) atoms. The van der Waals surface area contributed by atoms with E-state index in [9.17, 15) is 24.6 Å². The lowest BCUT2D eigenvalue weighted by atomic mass is 9.80. The van der Waals surface area contributed by atoms with Gasteiger partial charge in [-0.15, -0.1) is 11.3 Å². The van der Waals surface area contributed by atoms with Gasteiger partial charge >= 0.3 is 0 Å². The summed E-state index contributed by atoms with van der Waals surface area (Å²) < 4.78 is 0. The van der Waals surface area contributed by atoms with Gasteiger partial charge in [0, 0.05) is 32.4 Å². The number of aryl methyl sites for hydroxylation is 1. The number of aromatic nitrogens is 1. The summed E-state index contributed by atoms with van der Waals surface area (Å²) in [7, 11) is 3.26. The zero-order valence-corrected chi connectivity index (χ0v) is 27.9. The highest BCUT2D eigenvalue weighted by Gasteiger charge is 2.40. The minimum atomic E-state index is -1.08. The smallest absolute Gasteiger partial charge is 0.241 e. The van der Waals surface area contributed by atoms with Crippen molar-refractivity contribution in [2.75, 3.05) is 27.2 Å². The molecule has 0 aliphatic heterocycles. The third-order valence-electron chi connectivity index (χ3n) is 9.28. The van der Waals surface area contributed by atoms with E-state index >= 15 is 0 Å². The minimum absolute atomic E-state index is 0.134. The van der Waals surface area contributed by atoms with Gasteiger partial charge < -0.3 is 25.3 Å². The van der Waals surface area contributed by atoms with E-state index in [0.29, 0.717) is 36.9 Å². The van der Waals surface area contributed by atoms with Crippen LogP contribution in [0.1, 0.15) is 114 Å². The highest BCUT2D eigenvalue weighted by Crippen LogP contribution is 2.35. The minimum Gasteiger partial charge on any atom is -0.390 e.